The number of nitrogens with one attached hydrogen (secondary N) is 1. The van der Waals surface area contributed by atoms with Crippen molar-refractivity contribution < 1.29 is 17.5 Å². The number of halogens is 1. The Bertz CT molecular complexity index is 476. The first-order chi connectivity index (χ1) is 7.98. The lowest BCUT2D eigenvalue weighted by Crippen LogP contribution is -2.29. The van der Waals surface area contributed by atoms with Crippen LogP contribution in [0.4, 0.5) is 4.39 Å². The molecule has 3 N–H and O–H groups in total. The zero-order chi connectivity index (χ0) is 12.9. The number of ether oxygens (including phenoxy) is 1. The molecule has 96 valence electrons. The van der Waals surface area contributed by atoms with Crippen LogP contribution >= 0.6 is 0 Å². The Morgan fingerprint density at radius 2 is 2.18 bits per heavy atom. The van der Waals surface area contributed by atoms with E-state index in [1.165, 1.54) is 25.3 Å². The van der Waals surface area contributed by atoms with Gasteiger partial charge in [-0.05, 0) is 18.2 Å². The monoisotopic (exact) mass is 262 g/mol. The van der Waals surface area contributed by atoms with Crippen molar-refractivity contribution in [1.29, 1.82) is 0 Å². The third-order valence-corrected chi connectivity index (χ3v) is 3.47. The fraction of sp³-hybridized carbons (Fsp3) is 0.400. The molecule has 0 saturated carbocycles. The van der Waals surface area contributed by atoms with E-state index in [4.69, 9.17) is 10.5 Å². The van der Waals surface area contributed by atoms with Crippen LogP contribution in [0.25, 0.3) is 0 Å². The molecular weight excluding hydrogens is 247 g/mol. The summed E-state index contributed by atoms with van der Waals surface area (Å²) < 4.78 is 43.0. The molecule has 0 heterocycles. The summed E-state index contributed by atoms with van der Waals surface area (Å²) in [7, 11) is -1.99. The number of hydrogen-bond donors (Lipinski definition) is 2. The molecule has 1 rings (SSSR count). The Hall–Kier alpha value is -1.18. The van der Waals surface area contributed by atoms with Gasteiger partial charge in [0.25, 0.3) is 0 Å². The van der Waals surface area contributed by atoms with E-state index >= 15 is 0 Å². The largest absolute Gasteiger partial charge is 0.496 e. The topological polar surface area (TPSA) is 81.4 Å². The molecule has 0 aliphatic rings. The Morgan fingerprint density at radius 3 is 2.76 bits per heavy atom. The molecule has 0 fully saturated rings. The molecule has 17 heavy (non-hydrogen) atoms. The lowest BCUT2D eigenvalue weighted by Gasteiger charge is -2.09. The van der Waals surface area contributed by atoms with E-state index in [1.807, 2.05) is 0 Å². The quantitative estimate of drug-likeness (QED) is 0.768. The molecule has 0 atom stereocenters. The molecule has 0 radical (unpaired) electrons. The van der Waals surface area contributed by atoms with E-state index in [-0.39, 0.29) is 18.8 Å². The molecule has 0 aliphatic carbocycles. The van der Waals surface area contributed by atoms with Gasteiger partial charge in [0.1, 0.15) is 11.6 Å². The molecule has 0 bridgehead atoms. The van der Waals surface area contributed by atoms with Crippen molar-refractivity contribution in [2.45, 2.75) is 6.54 Å². The van der Waals surface area contributed by atoms with Crippen molar-refractivity contribution in [3.05, 3.63) is 29.6 Å². The highest BCUT2D eigenvalue weighted by Crippen LogP contribution is 2.19. The molecule has 5 nitrogen and oxygen atoms in total. The smallest absolute Gasteiger partial charge is 0.213 e. The minimum absolute atomic E-state index is 0.0245. The minimum Gasteiger partial charge on any atom is -0.496 e. The number of rotatable bonds is 6. The Balaban J connectivity index is 2.78. The van der Waals surface area contributed by atoms with Gasteiger partial charge in [-0.2, -0.15) is 0 Å². The lowest BCUT2D eigenvalue weighted by atomic mass is 10.2. The van der Waals surface area contributed by atoms with Crippen molar-refractivity contribution in [3.8, 4) is 5.75 Å². The van der Waals surface area contributed by atoms with E-state index in [9.17, 15) is 12.8 Å². The van der Waals surface area contributed by atoms with Gasteiger partial charge < -0.3 is 10.5 Å². The van der Waals surface area contributed by atoms with Crippen LogP contribution in [0.3, 0.4) is 0 Å². The second-order valence-electron chi connectivity index (χ2n) is 3.38. The van der Waals surface area contributed by atoms with Crippen molar-refractivity contribution >= 4 is 10.0 Å². The van der Waals surface area contributed by atoms with Gasteiger partial charge >= 0.3 is 0 Å². The molecule has 1 aromatic carbocycles. The summed E-state index contributed by atoms with van der Waals surface area (Å²) in [5, 5.41) is 0. The van der Waals surface area contributed by atoms with E-state index < -0.39 is 15.8 Å². The maximum Gasteiger partial charge on any atom is 0.213 e. The van der Waals surface area contributed by atoms with Crippen LogP contribution in [0.15, 0.2) is 18.2 Å². The number of hydrogen-bond acceptors (Lipinski definition) is 4. The zero-order valence-corrected chi connectivity index (χ0v) is 10.3. The number of methoxy groups -OCH3 is 1. The van der Waals surface area contributed by atoms with Crippen LogP contribution < -0.4 is 15.2 Å². The predicted molar refractivity (Wildman–Crippen MR) is 62.6 cm³/mol. The Kier molecular flexibility index (Phi) is 4.86. The van der Waals surface area contributed by atoms with Crippen LogP contribution in [0.1, 0.15) is 5.56 Å². The fourth-order valence-corrected chi connectivity index (χ4v) is 2.13. The van der Waals surface area contributed by atoms with Gasteiger partial charge in [0.15, 0.2) is 0 Å². The molecule has 1 aromatic rings. The van der Waals surface area contributed by atoms with Crippen molar-refractivity contribution in [2.24, 2.45) is 5.73 Å². The van der Waals surface area contributed by atoms with Gasteiger partial charge in [0.2, 0.25) is 10.0 Å². The van der Waals surface area contributed by atoms with Crippen LogP contribution in [-0.4, -0.2) is 27.8 Å². The van der Waals surface area contributed by atoms with Gasteiger partial charge in [-0.1, -0.05) is 0 Å². The molecule has 0 amide bonds. The summed E-state index contributed by atoms with van der Waals surface area (Å²) in [4.78, 5) is 0. The van der Waals surface area contributed by atoms with Gasteiger partial charge in [0.05, 0.1) is 12.9 Å². The van der Waals surface area contributed by atoms with Crippen molar-refractivity contribution in [3.63, 3.8) is 0 Å². The normalized spacial score (nSPS) is 11.5. The van der Waals surface area contributed by atoms with Crippen LogP contribution in [0.2, 0.25) is 0 Å². The summed E-state index contributed by atoms with van der Waals surface area (Å²) >= 11 is 0. The average molecular weight is 262 g/mol. The fourth-order valence-electron chi connectivity index (χ4n) is 1.30. The third kappa shape index (κ3) is 4.29. The van der Waals surface area contributed by atoms with Crippen LogP contribution in [0, 0.1) is 5.82 Å². The Labute approximate surface area is 99.8 Å². The SMILES string of the molecule is COc1ccc(F)cc1CNS(=O)(=O)CCN. The van der Waals surface area contributed by atoms with Crippen molar-refractivity contribution in [2.75, 3.05) is 19.4 Å². The molecular formula is C10H15FN2O3S. The number of benzene rings is 1. The summed E-state index contributed by atoms with van der Waals surface area (Å²) in [5.41, 5.74) is 5.60. The summed E-state index contributed by atoms with van der Waals surface area (Å²) in [5.74, 6) is -0.175. The number of sulfonamides is 1. The van der Waals surface area contributed by atoms with E-state index in [0.717, 1.165) is 0 Å². The molecule has 0 spiro atoms. The maximum atomic E-state index is 13.0. The van der Waals surface area contributed by atoms with Gasteiger partial charge in [0, 0.05) is 18.7 Å². The van der Waals surface area contributed by atoms with Gasteiger partial charge in [-0.3, -0.25) is 0 Å². The van der Waals surface area contributed by atoms with Crippen molar-refractivity contribution in [1.82, 2.24) is 4.72 Å². The highest BCUT2D eigenvalue weighted by molar-refractivity contribution is 7.89. The van der Waals surface area contributed by atoms with E-state index in [2.05, 4.69) is 4.72 Å². The second kappa shape index (κ2) is 5.95. The summed E-state index contributed by atoms with van der Waals surface area (Å²) in [6, 6.07) is 3.92. The first kappa shape index (κ1) is 13.9. The highest BCUT2D eigenvalue weighted by Gasteiger charge is 2.11. The highest BCUT2D eigenvalue weighted by atomic mass is 32.2. The van der Waals surface area contributed by atoms with Gasteiger partial charge in [-0.25, -0.2) is 17.5 Å². The predicted octanol–water partition coefficient (Wildman–Crippen LogP) is 0.212. The Morgan fingerprint density at radius 1 is 1.47 bits per heavy atom. The van der Waals surface area contributed by atoms with Crippen LogP contribution in [-0.2, 0) is 16.6 Å². The van der Waals surface area contributed by atoms with E-state index in [0.29, 0.717) is 11.3 Å². The molecule has 0 aliphatic heterocycles. The molecule has 0 aromatic heterocycles. The summed E-state index contributed by atoms with van der Waals surface area (Å²) in [6.45, 7) is 0.0128. The third-order valence-electron chi connectivity index (χ3n) is 2.11. The van der Waals surface area contributed by atoms with Crippen LogP contribution in [0.5, 0.6) is 5.75 Å². The minimum atomic E-state index is -3.42. The second-order valence-corrected chi connectivity index (χ2v) is 5.31. The average Bonchev–Trinajstić information content (AvgIpc) is 2.27. The standard InChI is InChI=1S/C10H15FN2O3S/c1-16-10-3-2-9(11)6-8(10)7-13-17(14,15)5-4-12/h2-3,6,13H,4-5,7,12H2,1H3. The van der Waals surface area contributed by atoms with E-state index in [1.54, 1.807) is 0 Å². The maximum absolute atomic E-state index is 13.0. The number of nitrogens with two attached hydrogens (primary N) is 1. The first-order valence-corrected chi connectivity index (χ1v) is 6.63. The van der Waals surface area contributed by atoms with Gasteiger partial charge in [-0.15, -0.1) is 0 Å². The zero-order valence-electron chi connectivity index (χ0n) is 9.44. The lowest BCUT2D eigenvalue weighted by molar-refractivity contribution is 0.407. The molecule has 0 unspecified atom stereocenters. The molecule has 7 heteroatoms. The molecule has 0 saturated heterocycles. The first-order valence-electron chi connectivity index (χ1n) is 4.98. The summed E-state index contributed by atoms with van der Waals surface area (Å²) in [6.07, 6.45) is 0.